The Bertz CT molecular complexity index is 492. The van der Waals surface area contributed by atoms with Crippen LogP contribution in [-0.4, -0.2) is 22.2 Å². The van der Waals surface area contributed by atoms with Crippen molar-refractivity contribution in [3.63, 3.8) is 0 Å². The molecule has 0 fully saturated rings. The van der Waals surface area contributed by atoms with Gasteiger partial charge in [-0.05, 0) is 26.0 Å². The maximum atomic E-state index is 12.4. The molecule has 112 valence electrons. The summed E-state index contributed by atoms with van der Waals surface area (Å²) in [5.41, 5.74) is 0.799. The predicted molar refractivity (Wildman–Crippen MR) is 71.4 cm³/mol. The third-order valence-electron chi connectivity index (χ3n) is 2.48. The van der Waals surface area contributed by atoms with Crippen LogP contribution in [0.25, 0.3) is 0 Å². The zero-order valence-electron chi connectivity index (χ0n) is 10.8. The molecule has 1 amide bonds. The predicted octanol–water partition coefficient (Wildman–Crippen LogP) is 4.17. The van der Waals surface area contributed by atoms with Crippen LogP contribution in [0.1, 0.15) is 30.6 Å². The molecule has 0 aliphatic rings. The van der Waals surface area contributed by atoms with E-state index in [1.165, 1.54) is 26.0 Å². The SMILES string of the molecule is CC(C)(CC(F)(F)F)N(Cl)NC(=O)c1ccccc1Cl. The van der Waals surface area contributed by atoms with Crippen LogP contribution in [0, 0.1) is 0 Å². The molecular weight excluding hydrogens is 316 g/mol. The number of alkyl halides is 3. The fourth-order valence-electron chi connectivity index (χ4n) is 1.51. The summed E-state index contributed by atoms with van der Waals surface area (Å²) >= 11 is 11.6. The normalized spacial score (nSPS) is 12.6. The molecule has 0 heterocycles. The Morgan fingerprint density at radius 2 is 1.85 bits per heavy atom. The third kappa shape index (κ3) is 4.85. The lowest BCUT2D eigenvalue weighted by molar-refractivity contribution is -0.155. The summed E-state index contributed by atoms with van der Waals surface area (Å²) in [5, 5.41) is 0.184. The van der Waals surface area contributed by atoms with Crippen molar-refractivity contribution < 1.29 is 18.0 Å². The summed E-state index contributed by atoms with van der Waals surface area (Å²) in [7, 11) is 0. The van der Waals surface area contributed by atoms with Crippen molar-refractivity contribution in [3.05, 3.63) is 34.9 Å². The van der Waals surface area contributed by atoms with Crippen molar-refractivity contribution in [2.45, 2.75) is 32.0 Å². The van der Waals surface area contributed by atoms with Gasteiger partial charge in [-0.2, -0.15) is 13.2 Å². The first-order valence-corrected chi connectivity index (χ1v) is 6.33. The molecule has 8 heteroatoms. The summed E-state index contributed by atoms with van der Waals surface area (Å²) in [4.78, 5) is 11.9. The van der Waals surface area contributed by atoms with Crippen LogP contribution in [-0.2, 0) is 0 Å². The standard InChI is InChI=1S/C12H13Cl2F3N2O/c1-11(2,7-12(15,16)17)19(14)18-10(20)8-5-3-4-6-9(8)13/h3-6H,7H2,1-2H3,(H,18,20). The van der Waals surface area contributed by atoms with Gasteiger partial charge in [-0.1, -0.05) is 23.7 Å². The van der Waals surface area contributed by atoms with E-state index < -0.39 is 24.0 Å². The molecule has 1 aromatic rings. The number of nitrogens with zero attached hydrogens (tertiary/aromatic N) is 1. The highest BCUT2D eigenvalue weighted by atomic mass is 35.5. The summed E-state index contributed by atoms with van der Waals surface area (Å²) < 4.78 is 37.9. The maximum absolute atomic E-state index is 12.4. The van der Waals surface area contributed by atoms with Crippen LogP contribution in [0.15, 0.2) is 24.3 Å². The average molecular weight is 329 g/mol. The fourth-order valence-corrected chi connectivity index (χ4v) is 1.86. The largest absolute Gasteiger partial charge is 0.390 e. The van der Waals surface area contributed by atoms with Crippen LogP contribution in [0.4, 0.5) is 13.2 Å². The second-order valence-electron chi connectivity index (χ2n) is 4.81. The first-order valence-electron chi connectivity index (χ1n) is 5.61. The topological polar surface area (TPSA) is 32.3 Å². The fraction of sp³-hybridized carbons (Fsp3) is 0.417. The number of hydrogen-bond donors (Lipinski definition) is 1. The Labute approximate surface area is 124 Å². The number of halogens is 5. The molecule has 0 aromatic heterocycles. The van der Waals surface area contributed by atoms with Crippen molar-refractivity contribution in [2.75, 3.05) is 0 Å². The van der Waals surface area contributed by atoms with E-state index in [1.807, 2.05) is 0 Å². The minimum Gasteiger partial charge on any atom is -0.270 e. The second kappa shape index (κ2) is 6.20. The van der Waals surface area contributed by atoms with Gasteiger partial charge in [0.1, 0.15) is 0 Å². The van der Waals surface area contributed by atoms with Gasteiger partial charge in [0.2, 0.25) is 0 Å². The van der Waals surface area contributed by atoms with Gasteiger partial charge in [-0.25, -0.2) is 0 Å². The molecule has 0 bridgehead atoms. The van der Waals surface area contributed by atoms with E-state index >= 15 is 0 Å². The maximum Gasteiger partial charge on any atom is 0.390 e. The van der Waals surface area contributed by atoms with Crippen LogP contribution < -0.4 is 5.43 Å². The van der Waals surface area contributed by atoms with E-state index in [0.29, 0.717) is 4.53 Å². The molecule has 0 spiro atoms. The number of hydrazine groups is 1. The average Bonchev–Trinajstić information content (AvgIpc) is 2.26. The second-order valence-corrected chi connectivity index (χ2v) is 5.55. The van der Waals surface area contributed by atoms with Crippen molar-refractivity contribution in [2.24, 2.45) is 0 Å². The van der Waals surface area contributed by atoms with Crippen molar-refractivity contribution in [1.82, 2.24) is 9.95 Å². The molecule has 20 heavy (non-hydrogen) atoms. The lowest BCUT2D eigenvalue weighted by atomic mass is 10.0. The molecule has 1 N–H and O–H groups in total. The third-order valence-corrected chi connectivity index (χ3v) is 3.35. The minimum absolute atomic E-state index is 0.127. The van der Waals surface area contributed by atoms with E-state index in [4.69, 9.17) is 23.4 Å². The van der Waals surface area contributed by atoms with Gasteiger partial charge in [-0.3, -0.25) is 10.2 Å². The number of nitrogens with one attached hydrogen (secondary N) is 1. The molecule has 0 atom stereocenters. The molecule has 0 aliphatic heterocycles. The molecule has 0 aliphatic carbocycles. The molecule has 3 nitrogen and oxygen atoms in total. The summed E-state index contributed by atoms with van der Waals surface area (Å²) in [5.74, 6) is -0.680. The highest BCUT2D eigenvalue weighted by Crippen LogP contribution is 2.31. The highest BCUT2D eigenvalue weighted by molar-refractivity contribution is 6.33. The van der Waals surface area contributed by atoms with Crippen LogP contribution in [0.5, 0.6) is 0 Å². The molecule has 1 rings (SSSR count). The Hall–Kier alpha value is -0.980. The number of carbonyl (C=O) groups is 1. The zero-order chi connectivity index (χ0) is 15.6. The smallest absolute Gasteiger partial charge is 0.270 e. The van der Waals surface area contributed by atoms with Crippen LogP contribution in [0.2, 0.25) is 5.02 Å². The highest BCUT2D eigenvalue weighted by Gasteiger charge is 2.40. The van der Waals surface area contributed by atoms with Gasteiger partial charge >= 0.3 is 6.18 Å². The lowest BCUT2D eigenvalue weighted by Gasteiger charge is -2.33. The quantitative estimate of drug-likeness (QED) is 0.664. The van der Waals surface area contributed by atoms with Gasteiger partial charge in [0, 0.05) is 11.8 Å². The van der Waals surface area contributed by atoms with Gasteiger partial charge < -0.3 is 0 Å². The van der Waals surface area contributed by atoms with Crippen molar-refractivity contribution in [1.29, 1.82) is 0 Å². The molecule has 1 aromatic carbocycles. The molecule has 0 radical (unpaired) electrons. The first kappa shape index (κ1) is 17.1. The summed E-state index contributed by atoms with van der Waals surface area (Å²) in [6.07, 6.45) is -5.57. The summed E-state index contributed by atoms with van der Waals surface area (Å²) in [6, 6.07) is 6.15. The Morgan fingerprint density at radius 1 is 1.30 bits per heavy atom. The van der Waals surface area contributed by atoms with Crippen molar-refractivity contribution in [3.8, 4) is 0 Å². The van der Waals surface area contributed by atoms with Crippen LogP contribution in [0.3, 0.4) is 0 Å². The molecule has 0 unspecified atom stereocenters. The Balaban J connectivity index is 2.78. The van der Waals surface area contributed by atoms with Gasteiger partial charge in [0.05, 0.1) is 22.5 Å². The first-order chi connectivity index (χ1) is 9.03. The number of rotatable bonds is 4. The van der Waals surface area contributed by atoms with E-state index in [2.05, 4.69) is 5.43 Å². The van der Waals surface area contributed by atoms with Gasteiger partial charge in [0.15, 0.2) is 0 Å². The van der Waals surface area contributed by atoms with Crippen molar-refractivity contribution >= 4 is 29.3 Å². The number of hydrogen-bond acceptors (Lipinski definition) is 2. The Morgan fingerprint density at radius 3 is 2.35 bits per heavy atom. The number of amides is 1. The van der Waals surface area contributed by atoms with E-state index in [9.17, 15) is 18.0 Å². The number of benzene rings is 1. The number of carbonyl (C=O) groups excluding carboxylic acids is 1. The molecular formula is C12H13Cl2F3N2O. The Kier molecular flexibility index (Phi) is 5.29. The zero-order valence-corrected chi connectivity index (χ0v) is 12.3. The van der Waals surface area contributed by atoms with E-state index in [-0.39, 0.29) is 10.6 Å². The molecule has 0 saturated carbocycles. The lowest BCUT2D eigenvalue weighted by Crippen LogP contribution is -2.50. The monoisotopic (exact) mass is 328 g/mol. The van der Waals surface area contributed by atoms with E-state index in [1.54, 1.807) is 12.1 Å². The van der Waals surface area contributed by atoms with Crippen LogP contribution >= 0.6 is 23.4 Å². The van der Waals surface area contributed by atoms with Gasteiger partial charge in [0.25, 0.3) is 5.91 Å². The summed E-state index contributed by atoms with van der Waals surface area (Å²) in [6.45, 7) is 2.53. The minimum atomic E-state index is -4.40. The molecule has 0 saturated heterocycles. The van der Waals surface area contributed by atoms with Gasteiger partial charge in [-0.15, -0.1) is 4.53 Å². The van der Waals surface area contributed by atoms with E-state index in [0.717, 1.165) is 0 Å².